The quantitative estimate of drug-likeness (QED) is 0.235. The molecule has 0 aromatic rings. The van der Waals surface area contributed by atoms with Crippen LogP contribution in [-0.2, 0) is 9.59 Å². The molecule has 0 aliphatic rings. The number of carboxylic acid groups (broad SMARTS) is 1. The van der Waals surface area contributed by atoms with Crippen molar-refractivity contribution in [2.75, 3.05) is 0 Å². The second kappa shape index (κ2) is 7.30. The number of carbonyl (C=O) groups is 2. The molecule has 0 radical (unpaired) electrons. The first-order valence-corrected chi connectivity index (χ1v) is 3.32. The van der Waals surface area contributed by atoms with E-state index in [0.29, 0.717) is 0 Å². The fourth-order valence-electron chi connectivity index (χ4n) is 0.615. The van der Waals surface area contributed by atoms with Crippen molar-refractivity contribution in [3.8, 4) is 0 Å². The minimum atomic E-state index is -2.25. The van der Waals surface area contributed by atoms with E-state index in [1.807, 2.05) is 0 Å². The predicted octanol–water partition coefficient (Wildman–Crippen LogP) is -3.94. The van der Waals surface area contributed by atoms with E-state index in [4.69, 9.17) is 25.5 Å². The second-order valence-electron chi connectivity index (χ2n) is 2.39. The molecule has 0 bridgehead atoms. The third kappa shape index (κ3) is 4.47. The third-order valence-electron chi connectivity index (χ3n) is 1.42. The van der Waals surface area contributed by atoms with E-state index < -0.39 is 30.4 Å². The molecule has 78 valence electrons. The van der Waals surface area contributed by atoms with Crippen LogP contribution < -0.4 is 0 Å². The zero-order chi connectivity index (χ0) is 10.6. The van der Waals surface area contributed by atoms with Gasteiger partial charge in [0.25, 0.3) is 0 Å². The molecule has 0 aliphatic carbocycles. The normalized spacial score (nSPS) is 18.6. The molecule has 7 nitrogen and oxygen atoms in total. The summed E-state index contributed by atoms with van der Waals surface area (Å²) in [5.74, 6) is -1.76. The number of carboxylic acids is 1. The van der Waals surface area contributed by atoms with Gasteiger partial charge in [0.15, 0.2) is 12.4 Å². The van der Waals surface area contributed by atoms with Crippen molar-refractivity contribution in [2.45, 2.75) is 24.4 Å². The molecule has 0 aliphatic heterocycles. The zero-order valence-corrected chi connectivity index (χ0v) is 6.44. The van der Waals surface area contributed by atoms with E-state index in [1.165, 1.54) is 0 Å². The molecule has 0 saturated carbocycles. The molecule has 14 heavy (non-hydrogen) atoms. The minimum absolute atomic E-state index is 0. The molecule has 0 amide bonds. The van der Waals surface area contributed by atoms with Gasteiger partial charge in [0.05, 0.1) is 0 Å². The monoisotopic (exact) mass is 218 g/mol. The second-order valence-corrected chi connectivity index (χ2v) is 2.39. The summed E-state index contributed by atoms with van der Waals surface area (Å²) in [4.78, 5) is 20.0. The van der Waals surface area contributed by atoms with E-state index in [9.17, 15) is 9.59 Å². The van der Waals surface area contributed by atoms with E-state index in [0.717, 1.165) is 0 Å². The fraction of sp³-hybridized carbons (Fsp3) is 0.667. The maximum absolute atomic E-state index is 10.1. The molecule has 0 heterocycles. The number of rotatable bonds is 5. The Morgan fingerprint density at radius 2 is 1.50 bits per heavy atom. The summed E-state index contributed by atoms with van der Waals surface area (Å²) in [5.41, 5.74) is 0. The van der Waals surface area contributed by atoms with Crippen molar-refractivity contribution in [1.29, 1.82) is 0 Å². The molecule has 0 spiro atoms. The number of aldehydes is 1. The Balaban J connectivity index is 0. The Morgan fingerprint density at radius 1 is 1.07 bits per heavy atom. The van der Waals surface area contributed by atoms with Gasteiger partial charge >= 0.3 is 35.5 Å². The van der Waals surface area contributed by atoms with Crippen LogP contribution in [0.1, 0.15) is 0 Å². The van der Waals surface area contributed by atoms with Gasteiger partial charge in [-0.3, -0.25) is 0 Å². The number of aliphatic hydroxyl groups excluding tert-OH is 4. The first-order chi connectivity index (χ1) is 5.91. The number of carbonyl (C=O) groups excluding carboxylic acids is 1. The van der Waals surface area contributed by atoms with Gasteiger partial charge in [0.2, 0.25) is 0 Å². The molecule has 0 aromatic carbocycles. The summed E-state index contributed by atoms with van der Waals surface area (Å²) >= 11 is 0. The molecule has 8 heteroatoms. The summed E-state index contributed by atoms with van der Waals surface area (Å²) in [7, 11) is 0. The molecule has 5 N–H and O–H groups in total. The molecule has 0 aromatic heterocycles. The Labute approximate surface area is 101 Å². The summed E-state index contributed by atoms with van der Waals surface area (Å²) in [6.07, 6.45) is -8.39. The fourth-order valence-corrected chi connectivity index (χ4v) is 0.615. The average Bonchev–Trinajstić information content (AvgIpc) is 2.12. The Bertz CT molecular complexity index is 197. The van der Waals surface area contributed by atoms with Crippen LogP contribution in [0.4, 0.5) is 0 Å². The average molecular weight is 218 g/mol. The summed E-state index contributed by atoms with van der Waals surface area (Å²) < 4.78 is 0. The van der Waals surface area contributed by atoms with Crippen LogP contribution in [0.25, 0.3) is 0 Å². The van der Waals surface area contributed by atoms with Gasteiger partial charge in [0, 0.05) is 0 Å². The maximum atomic E-state index is 10.1. The van der Waals surface area contributed by atoms with Crippen molar-refractivity contribution in [1.82, 2.24) is 0 Å². The zero-order valence-electron chi connectivity index (χ0n) is 6.44. The number of hydrogen-bond donors (Lipinski definition) is 5. The van der Waals surface area contributed by atoms with Crippen LogP contribution in [0, 0.1) is 0 Å². The molecule has 0 rings (SSSR count). The van der Waals surface area contributed by atoms with Gasteiger partial charge in [-0.25, -0.2) is 4.79 Å². The van der Waals surface area contributed by atoms with Crippen molar-refractivity contribution in [3.05, 3.63) is 0 Å². The first kappa shape index (κ1) is 16.4. The summed E-state index contributed by atoms with van der Waals surface area (Å²) in [6, 6.07) is 0. The van der Waals surface area contributed by atoms with Crippen molar-refractivity contribution in [2.24, 2.45) is 0 Å². The van der Waals surface area contributed by atoms with E-state index in [1.54, 1.807) is 0 Å². The van der Waals surface area contributed by atoms with Crippen LogP contribution in [0.2, 0.25) is 0 Å². The first-order valence-electron chi connectivity index (χ1n) is 3.32. The standard InChI is InChI=1S/C6H10O7.Na.H/c7-1-2(8)3(9)4(10)5(11)6(12)13;;/h1-5,8-11H,(H,12,13);;/t2-,3+,4+,5-;;/m0../s1. The van der Waals surface area contributed by atoms with Gasteiger partial charge in [0.1, 0.15) is 18.3 Å². The van der Waals surface area contributed by atoms with Gasteiger partial charge < -0.3 is 30.3 Å². The van der Waals surface area contributed by atoms with Crippen molar-refractivity contribution >= 4 is 41.8 Å². The van der Waals surface area contributed by atoms with Crippen molar-refractivity contribution < 1.29 is 35.1 Å². The van der Waals surface area contributed by atoms with Gasteiger partial charge in [-0.15, -0.1) is 0 Å². The summed E-state index contributed by atoms with van der Waals surface area (Å²) in [6.45, 7) is 0. The molecule has 0 fully saturated rings. The molecule has 4 atom stereocenters. The number of hydrogen-bond acceptors (Lipinski definition) is 6. The van der Waals surface area contributed by atoms with Crippen LogP contribution in [-0.4, -0.2) is 91.8 Å². The SMILES string of the molecule is O=C[C@H](O)[C@@H](O)[C@@H](O)[C@H](O)C(=O)O.[NaH]. The Kier molecular flexibility index (Phi) is 8.55. The molecular weight excluding hydrogens is 207 g/mol. The van der Waals surface area contributed by atoms with Gasteiger partial charge in [-0.05, 0) is 0 Å². The topological polar surface area (TPSA) is 135 Å². The van der Waals surface area contributed by atoms with E-state index in [-0.39, 0.29) is 35.8 Å². The number of aliphatic hydroxyl groups is 4. The third-order valence-corrected chi connectivity index (χ3v) is 1.42. The Hall–Kier alpha value is -0.0200. The van der Waals surface area contributed by atoms with Crippen LogP contribution in [0.3, 0.4) is 0 Å². The van der Waals surface area contributed by atoms with Gasteiger partial charge in [-0.1, -0.05) is 0 Å². The van der Waals surface area contributed by atoms with Crippen LogP contribution in [0.5, 0.6) is 0 Å². The van der Waals surface area contributed by atoms with E-state index in [2.05, 4.69) is 0 Å². The van der Waals surface area contributed by atoms with E-state index >= 15 is 0 Å². The van der Waals surface area contributed by atoms with Crippen LogP contribution in [0.15, 0.2) is 0 Å². The van der Waals surface area contributed by atoms with Crippen molar-refractivity contribution in [3.63, 3.8) is 0 Å². The number of aliphatic carboxylic acids is 1. The van der Waals surface area contributed by atoms with Gasteiger partial charge in [-0.2, -0.15) is 0 Å². The molecular formula is C6H11NaO7. The molecule has 0 saturated heterocycles. The predicted molar refractivity (Wildman–Crippen MR) is 44.9 cm³/mol. The van der Waals surface area contributed by atoms with Crippen LogP contribution >= 0.6 is 0 Å². The Morgan fingerprint density at radius 3 is 1.79 bits per heavy atom. The molecule has 0 unspecified atom stereocenters. The summed E-state index contributed by atoms with van der Waals surface area (Å²) in [5, 5.41) is 43.2.